The van der Waals surface area contributed by atoms with E-state index in [9.17, 15) is 4.79 Å². The molecule has 0 bridgehead atoms. The van der Waals surface area contributed by atoms with E-state index in [1.165, 1.54) is 11.3 Å². The molecule has 0 atom stereocenters. The number of nitrogens with one attached hydrogen (secondary N) is 2. The first kappa shape index (κ1) is 18.9. The van der Waals surface area contributed by atoms with Crippen molar-refractivity contribution in [1.82, 2.24) is 20.8 Å². The molecule has 0 saturated carbocycles. The van der Waals surface area contributed by atoms with Crippen LogP contribution in [0.4, 0.5) is 0 Å². The van der Waals surface area contributed by atoms with Gasteiger partial charge in [-0.25, -0.2) is 4.98 Å². The van der Waals surface area contributed by atoms with Crippen molar-refractivity contribution >= 4 is 34.5 Å². The van der Waals surface area contributed by atoms with Gasteiger partial charge in [0.2, 0.25) is 0 Å². The molecule has 0 radical (unpaired) electrons. The second-order valence-corrected chi connectivity index (χ2v) is 6.61. The Morgan fingerprint density at radius 2 is 1.93 bits per heavy atom. The molecule has 27 heavy (non-hydrogen) atoms. The van der Waals surface area contributed by atoms with Crippen LogP contribution in [-0.2, 0) is 0 Å². The topological polar surface area (TPSA) is 96.4 Å². The van der Waals surface area contributed by atoms with Crippen molar-refractivity contribution in [3.63, 3.8) is 0 Å². The molecule has 1 amide bonds. The summed E-state index contributed by atoms with van der Waals surface area (Å²) in [4.78, 5) is 20.7. The number of carbonyl (C=O) groups is 1. The van der Waals surface area contributed by atoms with Crippen LogP contribution < -0.4 is 15.5 Å². The Hall–Kier alpha value is -2.88. The summed E-state index contributed by atoms with van der Waals surface area (Å²) >= 11 is 6.21. The van der Waals surface area contributed by atoms with Gasteiger partial charge in [-0.2, -0.15) is 0 Å². The number of rotatable bonds is 7. The van der Waals surface area contributed by atoms with Gasteiger partial charge in [0.1, 0.15) is 17.3 Å². The third-order valence-electron chi connectivity index (χ3n) is 3.55. The molecule has 138 valence electrons. The van der Waals surface area contributed by atoms with Gasteiger partial charge in [0.25, 0.3) is 5.91 Å². The third kappa shape index (κ3) is 5.07. The van der Waals surface area contributed by atoms with E-state index in [0.29, 0.717) is 29.5 Å². The Morgan fingerprint density at radius 3 is 2.63 bits per heavy atom. The van der Waals surface area contributed by atoms with Gasteiger partial charge >= 0.3 is 0 Å². The minimum Gasteiger partial charge on any atom is -0.492 e. The molecule has 7 nitrogen and oxygen atoms in total. The van der Waals surface area contributed by atoms with Gasteiger partial charge in [0.05, 0.1) is 12.2 Å². The molecular weight excluding hydrogens is 384 g/mol. The highest BCUT2D eigenvalue weighted by molar-refractivity contribution is 7.80. The number of hydroxylamine groups is 1. The SMILES string of the molecule is O=C(NCCOc1ccc(C(=S)NO)cc1)c1nc(-c2ccncc2)cs1. The number of aromatic nitrogens is 2. The predicted molar refractivity (Wildman–Crippen MR) is 106 cm³/mol. The zero-order chi connectivity index (χ0) is 19.1. The summed E-state index contributed by atoms with van der Waals surface area (Å²) in [5, 5.41) is 13.8. The van der Waals surface area contributed by atoms with Gasteiger partial charge in [-0.15, -0.1) is 11.3 Å². The molecule has 0 unspecified atom stereocenters. The first-order valence-corrected chi connectivity index (χ1v) is 9.27. The largest absolute Gasteiger partial charge is 0.492 e. The number of amides is 1. The fraction of sp³-hybridized carbons (Fsp3) is 0.111. The number of hydrogen-bond acceptors (Lipinski definition) is 7. The van der Waals surface area contributed by atoms with Gasteiger partial charge in [0, 0.05) is 28.9 Å². The molecule has 0 saturated heterocycles. The van der Waals surface area contributed by atoms with Crippen molar-refractivity contribution in [3.05, 3.63) is 64.7 Å². The maximum Gasteiger partial charge on any atom is 0.280 e. The van der Waals surface area contributed by atoms with E-state index >= 15 is 0 Å². The number of thiazole rings is 1. The van der Waals surface area contributed by atoms with E-state index in [-0.39, 0.29) is 10.9 Å². The van der Waals surface area contributed by atoms with E-state index in [0.717, 1.165) is 11.3 Å². The van der Waals surface area contributed by atoms with Gasteiger partial charge in [-0.3, -0.25) is 20.5 Å². The Morgan fingerprint density at radius 1 is 1.19 bits per heavy atom. The lowest BCUT2D eigenvalue weighted by Crippen LogP contribution is -2.28. The zero-order valence-electron chi connectivity index (χ0n) is 14.1. The molecule has 0 aliphatic rings. The van der Waals surface area contributed by atoms with Crippen molar-refractivity contribution < 1.29 is 14.7 Å². The van der Waals surface area contributed by atoms with Crippen molar-refractivity contribution in [2.75, 3.05) is 13.2 Å². The van der Waals surface area contributed by atoms with Crippen molar-refractivity contribution in [2.24, 2.45) is 0 Å². The Kier molecular flexibility index (Phi) is 6.42. The normalized spacial score (nSPS) is 10.3. The van der Waals surface area contributed by atoms with Crippen LogP contribution >= 0.6 is 23.6 Å². The van der Waals surface area contributed by atoms with Crippen LogP contribution in [0.1, 0.15) is 15.4 Å². The molecular formula is C18H16N4O3S2. The molecule has 0 fully saturated rings. The lowest BCUT2D eigenvalue weighted by atomic mass is 10.2. The van der Waals surface area contributed by atoms with Gasteiger partial charge < -0.3 is 10.1 Å². The van der Waals surface area contributed by atoms with E-state index in [1.807, 2.05) is 23.0 Å². The van der Waals surface area contributed by atoms with Crippen LogP contribution in [0.15, 0.2) is 54.2 Å². The van der Waals surface area contributed by atoms with E-state index < -0.39 is 0 Å². The standard InChI is InChI=1S/C18H16N4O3S2/c23-16(18-21-15(11-27-18)12-5-7-19-8-6-12)20-9-10-25-14-3-1-13(2-4-14)17(26)22-24/h1-8,11,24H,9-10H2,(H,20,23)(H,22,26). The summed E-state index contributed by atoms with van der Waals surface area (Å²) in [5.74, 6) is 0.404. The summed E-state index contributed by atoms with van der Waals surface area (Å²) < 4.78 is 5.57. The number of carbonyl (C=O) groups excluding carboxylic acids is 1. The fourth-order valence-electron chi connectivity index (χ4n) is 2.21. The molecule has 2 aromatic heterocycles. The average molecular weight is 400 g/mol. The first-order chi connectivity index (χ1) is 13.2. The molecule has 0 spiro atoms. The summed E-state index contributed by atoms with van der Waals surface area (Å²) in [6.45, 7) is 0.664. The predicted octanol–water partition coefficient (Wildman–Crippen LogP) is 2.67. The molecule has 1 aromatic carbocycles. The van der Waals surface area contributed by atoms with Crippen LogP contribution in [0.5, 0.6) is 5.75 Å². The lowest BCUT2D eigenvalue weighted by molar-refractivity contribution is 0.0946. The first-order valence-electron chi connectivity index (χ1n) is 7.99. The fourth-order valence-corrected chi connectivity index (χ4v) is 3.09. The number of hydrogen-bond donors (Lipinski definition) is 3. The highest BCUT2D eigenvalue weighted by Crippen LogP contribution is 2.20. The van der Waals surface area contributed by atoms with Crippen molar-refractivity contribution in [1.29, 1.82) is 0 Å². The summed E-state index contributed by atoms with van der Waals surface area (Å²) in [6, 6.07) is 10.6. The monoisotopic (exact) mass is 400 g/mol. The molecule has 9 heteroatoms. The number of benzene rings is 1. The van der Waals surface area contributed by atoms with Crippen LogP contribution in [-0.4, -0.2) is 39.2 Å². The van der Waals surface area contributed by atoms with Gasteiger partial charge in [0.15, 0.2) is 5.01 Å². The number of ether oxygens (including phenoxy) is 1. The van der Waals surface area contributed by atoms with Crippen LogP contribution in [0.2, 0.25) is 0 Å². The summed E-state index contributed by atoms with van der Waals surface area (Å²) in [6.07, 6.45) is 3.37. The minimum atomic E-state index is -0.237. The Bertz CT molecular complexity index is 914. The second-order valence-electron chi connectivity index (χ2n) is 5.34. The highest BCUT2D eigenvalue weighted by atomic mass is 32.1. The van der Waals surface area contributed by atoms with Crippen molar-refractivity contribution in [2.45, 2.75) is 0 Å². The Labute approximate surface area is 165 Å². The molecule has 3 rings (SSSR count). The molecule has 0 aliphatic carbocycles. The second kappa shape index (κ2) is 9.17. The third-order valence-corrected chi connectivity index (χ3v) is 4.72. The Balaban J connectivity index is 1.46. The maximum atomic E-state index is 12.2. The number of nitrogens with zero attached hydrogens (tertiary/aromatic N) is 2. The maximum absolute atomic E-state index is 12.2. The summed E-state index contributed by atoms with van der Waals surface area (Å²) in [7, 11) is 0. The molecule has 2 heterocycles. The van der Waals surface area contributed by atoms with Crippen molar-refractivity contribution in [3.8, 4) is 17.0 Å². The minimum absolute atomic E-state index is 0.237. The molecule has 3 aromatic rings. The average Bonchev–Trinajstić information content (AvgIpc) is 3.22. The van der Waals surface area contributed by atoms with E-state index in [4.69, 9.17) is 22.2 Å². The zero-order valence-corrected chi connectivity index (χ0v) is 15.7. The van der Waals surface area contributed by atoms with Crippen LogP contribution in [0, 0.1) is 0 Å². The van der Waals surface area contributed by atoms with Gasteiger partial charge in [-0.05, 0) is 36.4 Å². The van der Waals surface area contributed by atoms with E-state index in [1.54, 1.807) is 36.7 Å². The lowest BCUT2D eigenvalue weighted by Gasteiger charge is -2.08. The molecule has 3 N–H and O–H groups in total. The van der Waals surface area contributed by atoms with Crippen LogP contribution in [0.25, 0.3) is 11.3 Å². The highest BCUT2D eigenvalue weighted by Gasteiger charge is 2.11. The molecule has 0 aliphatic heterocycles. The van der Waals surface area contributed by atoms with E-state index in [2.05, 4.69) is 15.3 Å². The number of pyridine rings is 1. The number of thiocarbonyl (C=S) groups is 1. The van der Waals surface area contributed by atoms with Crippen LogP contribution in [0.3, 0.4) is 0 Å². The quantitative estimate of drug-likeness (QED) is 0.319. The summed E-state index contributed by atoms with van der Waals surface area (Å²) in [5.41, 5.74) is 4.28. The van der Waals surface area contributed by atoms with Gasteiger partial charge in [-0.1, -0.05) is 12.2 Å². The smallest absolute Gasteiger partial charge is 0.280 e.